The Labute approximate surface area is 177 Å². The highest BCUT2D eigenvalue weighted by atomic mass is 35.5. The summed E-state index contributed by atoms with van der Waals surface area (Å²) in [6.07, 6.45) is 1.17. The Bertz CT molecular complexity index is 1180. The number of fused-ring (bicyclic) bond motifs is 1. The molecule has 160 valence electrons. The lowest BCUT2D eigenvalue weighted by Crippen LogP contribution is -2.38. The quantitative estimate of drug-likeness (QED) is 0.626. The maximum atomic E-state index is 12.9. The van der Waals surface area contributed by atoms with Gasteiger partial charge in [0.25, 0.3) is 5.56 Å². The molecular weight excluding hydrogens is 410 g/mol. The molecule has 30 heavy (non-hydrogen) atoms. The Hall–Kier alpha value is -2.78. The first-order chi connectivity index (χ1) is 14.4. The largest absolute Gasteiger partial charge is 0.491 e. The van der Waals surface area contributed by atoms with E-state index in [4.69, 9.17) is 16.3 Å². The fourth-order valence-corrected chi connectivity index (χ4v) is 3.88. The number of hydrogen-bond donors (Lipinski definition) is 1. The van der Waals surface area contributed by atoms with Crippen LogP contribution in [-0.2, 0) is 20.6 Å². The maximum absolute atomic E-state index is 12.9. The summed E-state index contributed by atoms with van der Waals surface area (Å²) in [5.74, 6) is 1.18. The number of aliphatic hydroxyl groups excluding tert-OH is 1. The Kier molecular flexibility index (Phi) is 5.57. The van der Waals surface area contributed by atoms with Crippen LogP contribution < -0.4 is 20.9 Å². The van der Waals surface area contributed by atoms with Crippen molar-refractivity contribution in [1.29, 1.82) is 0 Å². The van der Waals surface area contributed by atoms with Crippen molar-refractivity contribution in [2.75, 3.05) is 24.6 Å². The topological polar surface area (TPSA) is 94.5 Å². The van der Waals surface area contributed by atoms with Crippen LogP contribution in [0, 0.1) is 0 Å². The summed E-state index contributed by atoms with van der Waals surface area (Å²) in [5.41, 5.74) is -0.253. The van der Waals surface area contributed by atoms with Crippen LogP contribution >= 0.6 is 11.6 Å². The van der Waals surface area contributed by atoms with Crippen molar-refractivity contribution >= 4 is 28.7 Å². The van der Waals surface area contributed by atoms with Gasteiger partial charge in [-0.1, -0.05) is 11.6 Å². The number of imidazole rings is 1. The van der Waals surface area contributed by atoms with Crippen LogP contribution in [0.15, 0.2) is 33.9 Å². The number of nitrogens with zero attached hydrogens (tertiary/aromatic N) is 5. The van der Waals surface area contributed by atoms with Crippen molar-refractivity contribution in [2.24, 2.45) is 14.1 Å². The zero-order valence-corrected chi connectivity index (χ0v) is 17.7. The van der Waals surface area contributed by atoms with Gasteiger partial charge in [-0.05, 0) is 37.1 Å². The van der Waals surface area contributed by atoms with Crippen molar-refractivity contribution in [3.05, 3.63) is 50.1 Å². The van der Waals surface area contributed by atoms with Crippen LogP contribution in [0.25, 0.3) is 11.2 Å². The van der Waals surface area contributed by atoms with E-state index in [1.165, 1.54) is 11.6 Å². The van der Waals surface area contributed by atoms with E-state index >= 15 is 0 Å². The number of hydrogen-bond acceptors (Lipinski definition) is 6. The Morgan fingerprint density at radius 2 is 1.80 bits per heavy atom. The first-order valence-electron chi connectivity index (χ1n) is 9.84. The molecule has 0 unspecified atom stereocenters. The summed E-state index contributed by atoms with van der Waals surface area (Å²) in [5, 5.41) is 11.3. The summed E-state index contributed by atoms with van der Waals surface area (Å²) in [4.78, 5) is 31.9. The van der Waals surface area contributed by atoms with Crippen LogP contribution in [-0.4, -0.2) is 49.6 Å². The highest BCUT2D eigenvalue weighted by molar-refractivity contribution is 6.30. The van der Waals surface area contributed by atoms with Gasteiger partial charge in [0.2, 0.25) is 5.95 Å². The van der Waals surface area contributed by atoms with Crippen molar-refractivity contribution in [2.45, 2.75) is 25.5 Å². The van der Waals surface area contributed by atoms with Gasteiger partial charge in [0.15, 0.2) is 11.2 Å². The molecule has 1 aromatic carbocycles. The van der Waals surface area contributed by atoms with Gasteiger partial charge in [-0.15, -0.1) is 0 Å². The van der Waals surface area contributed by atoms with Crippen LogP contribution in [0.1, 0.15) is 12.8 Å². The molecule has 1 saturated heterocycles. The second-order valence-corrected chi connectivity index (χ2v) is 7.95. The predicted octanol–water partition coefficient (Wildman–Crippen LogP) is 1.13. The summed E-state index contributed by atoms with van der Waals surface area (Å²) in [6, 6.07) is 6.87. The van der Waals surface area contributed by atoms with Crippen molar-refractivity contribution < 1.29 is 9.84 Å². The molecule has 2 aromatic heterocycles. The van der Waals surface area contributed by atoms with Crippen LogP contribution in [0.4, 0.5) is 5.95 Å². The average Bonchev–Trinajstić information content (AvgIpc) is 3.38. The number of aliphatic hydroxyl groups is 1. The second kappa shape index (κ2) is 8.16. The molecule has 0 saturated carbocycles. The molecule has 1 aliphatic rings. The number of benzene rings is 1. The fraction of sp³-hybridized carbons (Fsp3) is 0.450. The predicted molar refractivity (Wildman–Crippen MR) is 115 cm³/mol. The van der Waals surface area contributed by atoms with Crippen LogP contribution in [0.2, 0.25) is 5.02 Å². The average molecular weight is 434 g/mol. The highest BCUT2D eigenvalue weighted by Gasteiger charge is 2.25. The minimum absolute atomic E-state index is 0.0345. The normalized spacial score (nSPS) is 15.1. The fourth-order valence-electron chi connectivity index (χ4n) is 3.75. The smallest absolute Gasteiger partial charge is 0.332 e. The van der Waals surface area contributed by atoms with Crippen molar-refractivity contribution in [3.8, 4) is 5.75 Å². The van der Waals surface area contributed by atoms with E-state index in [1.54, 1.807) is 35.9 Å². The molecule has 1 atom stereocenters. The van der Waals surface area contributed by atoms with Gasteiger partial charge in [-0.3, -0.25) is 13.9 Å². The van der Waals surface area contributed by atoms with Gasteiger partial charge in [0.05, 0.1) is 6.54 Å². The SMILES string of the molecule is Cn1c(=O)c2c(nc(N3CCCC3)n2C[C@@H](O)COc2ccc(Cl)cc2)n(C)c1=O. The summed E-state index contributed by atoms with van der Waals surface area (Å²) < 4.78 is 9.78. The molecule has 0 aliphatic carbocycles. The number of anilines is 1. The van der Waals surface area contributed by atoms with Gasteiger partial charge < -0.3 is 19.3 Å². The van der Waals surface area contributed by atoms with Crippen molar-refractivity contribution in [1.82, 2.24) is 18.7 Å². The van der Waals surface area contributed by atoms with E-state index in [9.17, 15) is 14.7 Å². The maximum Gasteiger partial charge on any atom is 0.332 e. The lowest BCUT2D eigenvalue weighted by atomic mass is 10.3. The lowest BCUT2D eigenvalue weighted by Gasteiger charge is -2.20. The number of aromatic nitrogens is 4. The lowest BCUT2D eigenvalue weighted by molar-refractivity contribution is 0.0936. The number of ether oxygens (including phenoxy) is 1. The van der Waals surface area contributed by atoms with Gasteiger partial charge in [-0.2, -0.15) is 4.98 Å². The van der Waals surface area contributed by atoms with E-state index in [-0.39, 0.29) is 13.2 Å². The first-order valence-corrected chi connectivity index (χ1v) is 10.2. The molecular formula is C20H24ClN5O4. The number of rotatable bonds is 6. The summed E-state index contributed by atoms with van der Waals surface area (Å²) in [7, 11) is 3.03. The molecule has 1 N–H and O–H groups in total. The van der Waals surface area contributed by atoms with Gasteiger partial charge in [-0.25, -0.2) is 4.79 Å². The molecule has 4 rings (SSSR count). The zero-order chi connectivity index (χ0) is 21.4. The third kappa shape index (κ3) is 3.70. The third-order valence-electron chi connectivity index (χ3n) is 5.37. The number of halogens is 1. The van der Waals surface area contributed by atoms with E-state index in [0.717, 1.165) is 30.5 Å². The molecule has 3 heterocycles. The Morgan fingerprint density at radius 3 is 2.47 bits per heavy atom. The summed E-state index contributed by atoms with van der Waals surface area (Å²) in [6.45, 7) is 1.78. The molecule has 0 amide bonds. The molecule has 0 radical (unpaired) electrons. The van der Waals surface area contributed by atoms with Gasteiger partial charge in [0, 0.05) is 32.2 Å². The Balaban J connectivity index is 1.69. The molecule has 3 aromatic rings. The van der Waals surface area contributed by atoms with Gasteiger partial charge >= 0.3 is 5.69 Å². The number of aryl methyl sites for hydroxylation is 1. The third-order valence-corrected chi connectivity index (χ3v) is 5.62. The molecule has 9 nitrogen and oxygen atoms in total. The zero-order valence-electron chi connectivity index (χ0n) is 16.9. The van der Waals surface area contributed by atoms with Crippen molar-refractivity contribution in [3.63, 3.8) is 0 Å². The first kappa shape index (κ1) is 20.5. The van der Waals surface area contributed by atoms with E-state index in [2.05, 4.69) is 9.88 Å². The minimum Gasteiger partial charge on any atom is -0.491 e. The van der Waals surface area contributed by atoms with E-state index in [1.807, 2.05) is 0 Å². The summed E-state index contributed by atoms with van der Waals surface area (Å²) >= 11 is 5.88. The highest BCUT2D eigenvalue weighted by Crippen LogP contribution is 2.24. The molecule has 10 heteroatoms. The van der Waals surface area contributed by atoms with Gasteiger partial charge in [0.1, 0.15) is 18.5 Å². The monoisotopic (exact) mass is 433 g/mol. The second-order valence-electron chi connectivity index (χ2n) is 7.51. The van der Waals surface area contributed by atoms with Crippen LogP contribution in [0.3, 0.4) is 0 Å². The van der Waals surface area contributed by atoms with E-state index in [0.29, 0.717) is 27.9 Å². The van der Waals surface area contributed by atoms with E-state index < -0.39 is 17.4 Å². The Morgan fingerprint density at radius 1 is 1.13 bits per heavy atom. The minimum atomic E-state index is -0.888. The van der Waals surface area contributed by atoms with Crippen LogP contribution in [0.5, 0.6) is 5.75 Å². The molecule has 0 bridgehead atoms. The molecule has 1 aliphatic heterocycles. The molecule has 1 fully saturated rings. The molecule has 0 spiro atoms. The standard InChI is InChI=1S/C20H24ClN5O4/c1-23-17-16(18(28)24(2)20(23)29)26(19(22-17)25-9-3-4-10-25)11-14(27)12-30-15-7-5-13(21)6-8-15/h5-8,14,27H,3-4,9-12H2,1-2H3/t14-/m1/s1.